The molecular formula is C23H33N9O3. The number of aromatic nitrogens is 3. The van der Waals surface area contributed by atoms with E-state index < -0.39 is 0 Å². The summed E-state index contributed by atoms with van der Waals surface area (Å²) in [5.41, 5.74) is 5.84. The van der Waals surface area contributed by atoms with Gasteiger partial charge in [0.15, 0.2) is 5.65 Å². The first-order valence-electron chi connectivity index (χ1n) is 11.8. The minimum atomic E-state index is -0.339. The molecule has 2 aromatic rings. The van der Waals surface area contributed by atoms with Crippen molar-refractivity contribution in [3.05, 3.63) is 18.6 Å². The summed E-state index contributed by atoms with van der Waals surface area (Å²) in [4.78, 5) is 49.2. The average Bonchev–Trinajstić information content (AvgIpc) is 3.29. The highest BCUT2D eigenvalue weighted by molar-refractivity contribution is 5.95. The van der Waals surface area contributed by atoms with Gasteiger partial charge in [0.1, 0.15) is 18.6 Å². The van der Waals surface area contributed by atoms with Gasteiger partial charge in [0.05, 0.1) is 17.5 Å². The molecular weight excluding hydrogens is 450 g/mol. The van der Waals surface area contributed by atoms with Gasteiger partial charge in [0, 0.05) is 52.4 Å². The molecule has 0 aromatic carbocycles. The van der Waals surface area contributed by atoms with Crippen molar-refractivity contribution in [1.29, 1.82) is 5.26 Å². The Kier molecular flexibility index (Phi) is 8.97. The molecule has 1 aliphatic heterocycles. The number of carbonyl (C=O) groups is 3. The Bertz CT molecular complexity index is 1090. The van der Waals surface area contributed by atoms with Crippen LogP contribution >= 0.6 is 0 Å². The third-order valence-electron chi connectivity index (χ3n) is 6.34. The van der Waals surface area contributed by atoms with Crippen LogP contribution < -0.4 is 21.3 Å². The summed E-state index contributed by atoms with van der Waals surface area (Å²) < 4.78 is 1.43. The number of amides is 3. The number of fused-ring (bicyclic) bond motifs is 1. The lowest BCUT2D eigenvalue weighted by molar-refractivity contribution is -0.131. The van der Waals surface area contributed by atoms with Crippen molar-refractivity contribution in [2.45, 2.75) is 38.6 Å². The van der Waals surface area contributed by atoms with E-state index in [2.05, 4.69) is 27.5 Å². The van der Waals surface area contributed by atoms with Crippen molar-refractivity contribution in [3.8, 4) is 6.07 Å². The summed E-state index contributed by atoms with van der Waals surface area (Å²) in [5, 5.41) is 15.1. The van der Waals surface area contributed by atoms with Crippen molar-refractivity contribution in [1.82, 2.24) is 30.1 Å². The van der Waals surface area contributed by atoms with Crippen LogP contribution in [0.4, 0.5) is 10.6 Å². The first-order valence-corrected chi connectivity index (χ1v) is 11.8. The Balaban J connectivity index is 1.68. The second kappa shape index (κ2) is 12.1. The van der Waals surface area contributed by atoms with Crippen molar-refractivity contribution < 1.29 is 14.4 Å². The number of nitriles is 1. The van der Waals surface area contributed by atoms with Crippen LogP contribution in [0, 0.1) is 17.2 Å². The lowest BCUT2D eigenvalue weighted by Crippen LogP contribution is -2.52. The number of anilines is 1. The van der Waals surface area contributed by atoms with Gasteiger partial charge in [-0.2, -0.15) is 5.26 Å². The monoisotopic (exact) mass is 483 g/mol. The molecule has 0 spiro atoms. The number of hydrogen-bond donors (Lipinski definition) is 3. The lowest BCUT2D eigenvalue weighted by Gasteiger charge is -2.42. The van der Waals surface area contributed by atoms with Crippen LogP contribution in [0.15, 0.2) is 18.6 Å². The third-order valence-corrected chi connectivity index (χ3v) is 6.34. The lowest BCUT2D eigenvalue weighted by atomic mass is 9.92. The second-order valence-electron chi connectivity index (χ2n) is 8.71. The Morgan fingerprint density at radius 3 is 2.83 bits per heavy atom. The van der Waals surface area contributed by atoms with Crippen LogP contribution in [0.3, 0.4) is 0 Å². The van der Waals surface area contributed by atoms with E-state index in [0.29, 0.717) is 62.9 Å². The SMILES string of the molecule is C[C@@H]1CCN(C(=O)CC#N)C[C@@H]1N(C)c1ncnc2c1ccn2C(=O)NCCCC(=O)NCCN. The van der Waals surface area contributed by atoms with E-state index in [0.717, 1.165) is 11.8 Å². The Hall–Kier alpha value is -3.72. The molecule has 3 heterocycles. The molecule has 35 heavy (non-hydrogen) atoms. The fourth-order valence-corrected chi connectivity index (χ4v) is 4.33. The molecule has 3 amide bonds. The van der Waals surface area contributed by atoms with E-state index in [1.807, 2.05) is 18.0 Å². The highest BCUT2D eigenvalue weighted by Gasteiger charge is 2.32. The van der Waals surface area contributed by atoms with Crippen molar-refractivity contribution >= 4 is 34.7 Å². The molecule has 1 aliphatic rings. The van der Waals surface area contributed by atoms with E-state index in [1.165, 1.54) is 10.9 Å². The molecule has 0 aliphatic carbocycles. The van der Waals surface area contributed by atoms with Gasteiger partial charge in [0.2, 0.25) is 11.8 Å². The fraction of sp³-hybridized carbons (Fsp3) is 0.565. The minimum Gasteiger partial charge on any atom is -0.355 e. The highest BCUT2D eigenvalue weighted by Crippen LogP contribution is 2.29. The molecule has 0 bridgehead atoms. The maximum Gasteiger partial charge on any atom is 0.327 e. The number of hydrogen-bond acceptors (Lipinski definition) is 8. The number of piperidine rings is 1. The zero-order valence-corrected chi connectivity index (χ0v) is 20.2. The quantitative estimate of drug-likeness (QED) is 0.433. The molecule has 1 fully saturated rings. The van der Waals surface area contributed by atoms with Crippen LogP contribution in [0.1, 0.15) is 32.6 Å². The van der Waals surface area contributed by atoms with E-state index in [1.54, 1.807) is 17.2 Å². The molecule has 4 N–H and O–H groups in total. The van der Waals surface area contributed by atoms with E-state index in [9.17, 15) is 14.4 Å². The van der Waals surface area contributed by atoms with Crippen molar-refractivity contribution in [2.24, 2.45) is 11.7 Å². The predicted molar refractivity (Wildman–Crippen MR) is 130 cm³/mol. The fourth-order valence-electron chi connectivity index (χ4n) is 4.33. The number of likely N-dealkylation sites (tertiary alicyclic amines) is 1. The van der Waals surface area contributed by atoms with Gasteiger partial charge in [-0.3, -0.25) is 14.2 Å². The van der Waals surface area contributed by atoms with Gasteiger partial charge >= 0.3 is 6.03 Å². The van der Waals surface area contributed by atoms with Gasteiger partial charge in [-0.25, -0.2) is 14.8 Å². The molecule has 3 rings (SSSR count). The van der Waals surface area contributed by atoms with Gasteiger partial charge in [-0.1, -0.05) is 6.92 Å². The number of carbonyl (C=O) groups excluding carboxylic acids is 3. The Morgan fingerprint density at radius 2 is 2.09 bits per heavy atom. The molecule has 1 saturated heterocycles. The topological polar surface area (TPSA) is 162 Å². The first-order chi connectivity index (χ1) is 16.9. The Morgan fingerprint density at radius 1 is 1.29 bits per heavy atom. The molecule has 188 valence electrons. The van der Waals surface area contributed by atoms with Crippen LogP contribution in [0.5, 0.6) is 0 Å². The molecule has 2 atom stereocenters. The third kappa shape index (κ3) is 6.24. The molecule has 2 aromatic heterocycles. The van der Waals surface area contributed by atoms with E-state index in [-0.39, 0.29) is 30.3 Å². The van der Waals surface area contributed by atoms with E-state index >= 15 is 0 Å². The molecule has 12 nitrogen and oxygen atoms in total. The van der Waals surface area contributed by atoms with Crippen LogP contribution in [0.2, 0.25) is 0 Å². The number of likely N-dealkylation sites (N-methyl/N-ethyl adjacent to an activating group) is 1. The van der Waals surface area contributed by atoms with Crippen molar-refractivity contribution in [3.63, 3.8) is 0 Å². The maximum absolute atomic E-state index is 12.7. The molecule has 0 radical (unpaired) electrons. The van der Waals surface area contributed by atoms with Gasteiger partial charge < -0.3 is 26.2 Å². The van der Waals surface area contributed by atoms with Crippen molar-refractivity contribution in [2.75, 3.05) is 44.7 Å². The largest absolute Gasteiger partial charge is 0.355 e. The molecule has 0 unspecified atom stereocenters. The maximum atomic E-state index is 12.7. The summed E-state index contributed by atoms with van der Waals surface area (Å²) >= 11 is 0. The number of rotatable bonds is 9. The van der Waals surface area contributed by atoms with Crippen LogP contribution in [-0.2, 0) is 9.59 Å². The zero-order chi connectivity index (χ0) is 25.4. The van der Waals surface area contributed by atoms with Gasteiger partial charge in [-0.15, -0.1) is 0 Å². The first kappa shape index (κ1) is 25.9. The summed E-state index contributed by atoms with van der Waals surface area (Å²) in [6.45, 7) is 4.45. The number of nitrogens with two attached hydrogens (primary N) is 1. The summed E-state index contributed by atoms with van der Waals surface area (Å²) in [6.07, 6.45) is 4.58. The molecule has 0 saturated carbocycles. The van der Waals surface area contributed by atoms with Gasteiger partial charge in [0.25, 0.3) is 0 Å². The standard InChI is InChI=1S/C23H33N9O3/c1-16-6-12-31(20(34)5-8-24)14-18(16)30(2)21-17-7-13-32(22(17)29-15-28-21)23(35)27-10-3-4-19(33)26-11-9-25/h7,13,15-16,18H,3-6,9-12,14,25H2,1-2H3,(H,26,33)(H,27,35)/t16-,18+/m1/s1. The highest BCUT2D eigenvalue weighted by atomic mass is 16.2. The second-order valence-corrected chi connectivity index (χ2v) is 8.71. The van der Waals surface area contributed by atoms with Gasteiger partial charge in [-0.05, 0) is 24.8 Å². The minimum absolute atomic E-state index is 0.00656. The average molecular weight is 484 g/mol. The van der Waals surface area contributed by atoms with Crippen LogP contribution in [0.25, 0.3) is 11.0 Å². The summed E-state index contributed by atoms with van der Waals surface area (Å²) in [7, 11) is 1.92. The molecule has 12 heteroatoms. The predicted octanol–water partition coefficient (Wildman–Crippen LogP) is 0.431. The summed E-state index contributed by atoms with van der Waals surface area (Å²) in [5.74, 6) is 0.722. The smallest absolute Gasteiger partial charge is 0.327 e. The van der Waals surface area contributed by atoms with E-state index in [4.69, 9.17) is 11.0 Å². The summed E-state index contributed by atoms with van der Waals surface area (Å²) in [6, 6.07) is 3.40. The zero-order valence-electron chi connectivity index (χ0n) is 20.2. The normalized spacial score (nSPS) is 17.6. The number of nitrogens with one attached hydrogen (secondary N) is 2. The van der Waals surface area contributed by atoms with Crippen LogP contribution in [-0.4, -0.2) is 83.1 Å². The number of nitrogens with zero attached hydrogens (tertiary/aromatic N) is 6. The Labute approximate surface area is 204 Å².